The van der Waals surface area contributed by atoms with Crippen molar-refractivity contribution in [2.75, 3.05) is 6.54 Å². The van der Waals surface area contributed by atoms with E-state index in [2.05, 4.69) is 39.7 Å². The Kier molecular flexibility index (Phi) is 5.64. The summed E-state index contributed by atoms with van der Waals surface area (Å²) in [6, 6.07) is 16.4. The van der Waals surface area contributed by atoms with Crippen molar-refractivity contribution >= 4 is 17.6 Å². The number of amides is 2. The first kappa shape index (κ1) is 20.1. The fraction of sp³-hybridized carbons (Fsp3) is 0.375. The second-order valence-corrected chi connectivity index (χ2v) is 8.85. The van der Waals surface area contributed by atoms with Gasteiger partial charge in [-0.1, -0.05) is 48.0 Å². The summed E-state index contributed by atoms with van der Waals surface area (Å²) in [4.78, 5) is 19.6. The molecular formula is C24H26ClN5O. The fourth-order valence-electron chi connectivity index (χ4n) is 4.77. The Morgan fingerprint density at radius 2 is 1.90 bits per heavy atom. The Labute approximate surface area is 187 Å². The predicted octanol–water partition coefficient (Wildman–Crippen LogP) is 4.38. The molecule has 6 nitrogen and oxygen atoms in total. The minimum absolute atomic E-state index is 0.00734. The zero-order valence-electron chi connectivity index (χ0n) is 17.4. The van der Waals surface area contributed by atoms with Crippen LogP contribution in [0.2, 0.25) is 5.02 Å². The van der Waals surface area contributed by atoms with Gasteiger partial charge >= 0.3 is 6.03 Å². The highest BCUT2D eigenvalue weighted by molar-refractivity contribution is 6.30. The molecule has 0 saturated carbocycles. The molecule has 160 valence electrons. The average Bonchev–Trinajstić information content (AvgIpc) is 3.44. The molecule has 1 aliphatic carbocycles. The van der Waals surface area contributed by atoms with Crippen LogP contribution in [0, 0.1) is 0 Å². The van der Waals surface area contributed by atoms with Crippen LogP contribution in [0.4, 0.5) is 4.79 Å². The largest absolute Gasteiger partial charge is 0.335 e. The van der Waals surface area contributed by atoms with Crippen LogP contribution in [0.3, 0.4) is 0 Å². The molecule has 1 aromatic heterocycles. The number of rotatable bonds is 4. The smallest absolute Gasteiger partial charge is 0.318 e. The second-order valence-electron chi connectivity index (χ2n) is 8.41. The highest BCUT2D eigenvalue weighted by atomic mass is 35.5. The van der Waals surface area contributed by atoms with Crippen molar-refractivity contribution < 1.29 is 4.79 Å². The lowest BCUT2D eigenvalue weighted by Crippen LogP contribution is -2.46. The van der Waals surface area contributed by atoms with Crippen molar-refractivity contribution in [3.05, 3.63) is 82.4 Å². The summed E-state index contributed by atoms with van der Waals surface area (Å²) in [5.74, 6) is 0.844. The van der Waals surface area contributed by atoms with Gasteiger partial charge in [0.2, 0.25) is 0 Å². The van der Waals surface area contributed by atoms with E-state index in [9.17, 15) is 4.79 Å². The van der Waals surface area contributed by atoms with E-state index >= 15 is 0 Å². The molecule has 7 heteroatoms. The number of aryl methyl sites for hydroxylation is 1. The molecule has 5 rings (SSSR count). The molecule has 2 amide bonds. The lowest BCUT2D eigenvalue weighted by molar-refractivity contribution is 0.184. The van der Waals surface area contributed by atoms with Crippen LogP contribution in [0.15, 0.2) is 54.9 Å². The van der Waals surface area contributed by atoms with E-state index < -0.39 is 0 Å². The first-order valence-corrected chi connectivity index (χ1v) is 11.3. The summed E-state index contributed by atoms with van der Waals surface area (Å²) in [5.41, 5.74) is 3.85. The minimum atomic E-state index is -0.0503. The first-order chi connectivity index (χ1) is 15.2. The van der Waals surface area contributed by atoms with Crippen LogP contribution < -0.4 is 5.32 Å². The van der Waals surface area contributed by atoms with Crippen molar-refractivity contribution in [3.8, 4) is 0 Å². The van der Waals surface area contributed by atoms with Gasteiger partial charge in [0.25, 0.3) is 0 Å². The molecular weight excluding hydrogens is 410 g/mol. The number of benzene rings is 2. The van der Waals surface area contributed by atoms with Crippen LogP contribution in [0.5, 0.6) is 0 Å². The van der Waals surface area contributed by atoms with Crippen LogP contribution in [-0.2, 0) is 19.4 Å². The molecule has 0 spiro atoms. The Balaban J connectivity index is 1.28. The number of urea groups is 1. The van der Waals surface area contributed by atoms with Crippen molar-refractivity contribution in [2.45, 2.75) is 50.7 Å². The van der Waals surface area contributed by atoms with E-state index in [1.54, 1.807) is 6.33 Å². The van der Waals surface area contributed by atoms with Gasteiger partial charge in [0.15, 0.2) is 0 Å². The molecule has 1 aliphatic heterocycles. The summed E-state index contributed by atoms with van der Waals surface area (Å²) in [5, 5.41) is 8.43. The molecule has 3 aromatic rings. The third-order valence-electron chi connectivity index (χ3n) is 6.38. The van der Waals surface area contributed by atoms with E-state index in [0.717, 1.165) is 50.0 Å². The first-order valence-electron chi connectivity index (χ1n) is 10.9. The van der Waals surface area contributed by atoms with Gasteiger partial charge in [-0.25, -0.2) is 14.5 Å². The molecule has 31 heavy (non-hydrogen) atoms. The monoisotopic (exact) mass is 435 g/mol. The number of hydrogen-bond donors (Lipinski definition) is 1. The van der Waals surface area contributed by atoms with Crippen LogP contribution in [-0.4, -0.2) is 38.3 Å². The van der Waals surface area contributed by atoms with E-state index in [4.69, 9.17) is 11.6 Å². The summed E-state index contributed by atoms with van der Waals surface area (Å²) >= 11 is 6.00. The summed E-state index contributed by atoms with van der Waals surface area (Å²) in [6.45, 7) is 1.35. The van der Waals surface area contributed by atoms with Gasteiger partial charge in [0.05, 0.1) is 12.6 Å². The maximum absolute atomic E-state index is 13.2. The molecule has 1 unspecified atom stereocenters. The van der Waals surface area contributed by atoms with Crippen LogP contribution in [0.25, 0.3) is 0 Å². The SMILES string of the molecule is O=C(N[C@H]1CCc2ccccc2C1)N1CCCC1c1ncnn1Cc1ccc(Cl)cc1. The van der Waals surface area contributed by atoms with Crippen molar-refractivity contribution in [3.63, 3.8) is 0 Å². The molecule has 2 atom stereocenters. The third-order valence-corrected chi connectivity index (χ3v) is 6.63. The number of hydrogen-bond acceptors (Lipinski definition) is 3. The molecule has 2 aromatic carbocycles. The summed E-state index contributed by atoms with van der Waals surface area (Å²) in [7, 11) is 0. The van der Waals surface area contributed by atoms with Gasteiger partial charge in [-0.15, -0.1) is 0 Å². The molecule has 1 fully saturated rings. The van der Waals surface area contributed by atoms with E-state index in [1.807, 2.05) is 33.8 Å². The van der Waals surface area contributed by atoms with Gasteiger partial charge < -0.3 is 10.2 Å². The maximum Gasteiger partial charge on any atom is 0.318 e. The third kappa shape index (κ3) is 4.30. The molecule has 2 heterocycles. The van der Waals surface area contributed by atoms with Crippen molar-refractivity contribution in [2.24, 2.45) is 0 Å². The topological polar surface area (TPSA) is 63.1 Å². The Hall–Kier alpha value is -2.86. The van der Waals surface area contributed by atoms with Gasteiger partial charge in [0, 0.05) is 17.6 Å². The van der Waals surface area contributed by atoms with Crippen molar-refractivity contribution in [1.29, 1.82) is 0 Å². The lowest BCUT2D eigenvalue weighted by Gasteiger charge is -2.30. The Morgan fingerprint density at radius 1 is 1.10 bits per heavy atom. The average molecular weight is 436 g/mol. The molecule has 2 aliphatic rings. The Morgan fingerprint density at radius 3 is 2.74 bits per heavy atom. The van der Waals surface area contributed by atoms with E-state index in [-0.39, 0.29) is 18.1 Å². The number of halogens is 1. The number of nitrogens with one attached hydrogen (secondary N) is 1. The van der Waals surface area contributed by atoms with E-state index in [1.165, 1.54) is 11.1 Å². The zero-order valence-corrected chi connectivity index (χ0v) is 18.1. The van der Waals surface area contributed by atoms with Crippen LogP contribution >= 0.6 is 11.6 Å². The predicted molar refractivity (Wildman–Crippen MR) is 120 cm³/mol. The quantitative estimate of drug-likeness (QED) is 0.661. The van der Waals surface area contributed by atoms with Crippen LogP contribution in [0.1, 0.15) is 47.8 Å². The number of likely N-dealkylation sites (tertiary alicyclic amines) is 1. The minimum Gasteiger partial charge on any atom is -0.335 e. The Bertz CT molecular complexity index is 1060. The molecule has 1 N–H and O–H groups in total. The standard InChI is InChI=1S/C24H26ClN5O/c25-20-10-7-17(8-11-20)15-30-23(26-16-27-30)22-6-3-13-29(22)24(31)28-21-12-9-18-4-1-2-5-19(18)14-21/h1-2,4-5,7-8,10-11,16,21-22H,3,6,9,12-15H2,(H,28,31)/t21-,22?/m0/s1. The number of nitrogens with zero attached hydrogens (tertiary/aromatic N) is 4. The second kappa shape index (κ2) is 8.71. The fourth-order valence-corrected chi connectivity index (χ4v) is 4.90. The number of aromatic nitrogens is 3. The zero-order chi connectivity index (χ0) is 21.2. The highest BCUT2D eigenvalue weighted by Gasteiger charge is 2.34. The lowest BCUT2D eigenvalue weighted by atomic mass is 9.88. The maximum atomic E-state index is 13.2. The summed E-state index contributed by atoms with van der Waals surface area (Å²) < 4.78 is 1.90. The normalized spacial score (nSPS) is 20.5. The number of carbonyl (C=O) groups is 1. The van der Waals surface area contributed by atoms with Gasteiger partial charge in [-0.3, -0.25) is 0 Å². The molecule has 1 saturated heterocycles. The van der Waals surface area contributed by atoms with Gasteiger partial charge in [0.1, 0.15) is 12.2 Å². The summed E-state index contributed by atoms with van der Waals surface area (Å²) in [6.07, 6.45) is 6.35. The highest BCUT2D eigenvalue weighted by Crippen LogP contribution is 2.31. The van der Waals surface area contributed by atoms with Crippen molar-refractivity contribution in [1.82, 2.24) is 25.0 Å². The molecule has 0 radical (unpaired) electrons. The number of carbonyl (C=O) groups excluding carboxylic acids is 1. The van der Waals surface area contributed by atoms with E-state index in [0.29, 0.717) is 11.6 Å². The molecule has 0 bridgehead atoms. The van der Waals surface area contributed by atoms with Gasteiger partial charge in [-0.05, 0) is 60.9 Å². The van der Waals surface area contributed by atoms with Gasteiger partial charge in [-0.2, -0.15) is 5.10 Å². The number of fused-ring (bicyclic) bond motifs is 1.